The number of carbonyl (C=O) groups is 2. The average molecular weight is 366 g/mol. The number of amides is 2. The van der Waals surface area contributed by atoms with Crippen LogP contribution in [-0.2, 0) is 4.74 Å². The van der Waals surface area contributed by atoms with Crippen LogP contribution in [0.15, 0.2) is 54.6 Å². The van der Waals surface area contributed by atoms with Crippen LogP contribution < -0.4 is 10.2 Å². The van der Waals surface area contributed by atoms with Crippen molar-refractivity contribution in [1.29, 1.82) is 0 Å². The lowest BCUT2D eigenvalue weighted by Crippen LogP contribution is -2.40. The van der Waals surface area contributed by atoms with E-state index in [-0.39, 0.29) is 17.9 Å². The summed E-state index contributed by atoms with van der Waals surface area (Å²) in [6.07, 6.45) is 1.83. The minimum Gasteiger partial charge on any atom is -0.381 e. The van der Waals surface area contributed by atoms with Crippen molar-refractivity contribution < 1.29 is 14.3 Å². The Morgan fingerprint density at radius 1 is 1.15 bits per heavy atom. The van der Waals surface area contributed by atoms with Gasteiger partial charge in [0, 0.05) is 42.4 Å². The van der Waals surface area contributed by atoms with Gasteiger partial charge in [-0.3, -0.25) is 9.59 Å². The maximum Gasteiger partial charge on any atom is 0.258 e. The fourth-order valence-electron chi connectivity index (χ4n) is 3.43. The first-order valence-electron chi connectivity index (χ1n) is 9.42. The van der Waals surface area contributed by atoms with Gasteiger partial charge in [-0.2, -0.15) is 0 Å². The van der Waals surface area contributed by atoms with Crippen LogP contribution in [0, 0.1) is 5.92 Å². The molecule has 5 heteroatoms. The standard InChI is InChI=1S/C22H26N2O3/c1-3-20(18-12-13-27-15-18)23-21(25)16-8-7-9-17(14-16)22(26)24(2)19-10-5-4-6-11-19/h4-11,14,18,20H,3,12-13,15H2,1-2H3,(H,23,25)/t18-,20-/m0/s1. The minimum absolute atomic E-state index is 0.0892. The average Bonchev–Trinajstić information content (AvgIpc) is 3.26. The summed E-state index contributed by atoms with van der Waals surface area (Å²) in [5.74, 6) is 0.0610. The molecule has 1 N–H and O–H groups in total. The largest absolute Gasteiger partial charge is 0.381 e. The number of benzene rings is 2. The molecule has 5 nitrogen and oxygen atoms in total. The molecule has 142 valence electrons. The minimum atomic E-state index is -0.147. The summed E-state index contributed by atoms with van der Waals surface area (Å²) < 4.78 is 5.44. The van der Waals surface area contributed by atoms with E-state index >= 15 is 0 Å². The van der Waals surface area contributed by atoms with Gasteiger partial charge in [0.15, 0.2) is 0 Å². The highest BCUT2D eigenvalue weighted by atomic mass is 16.5. The summed E-state index contributed by atoms with van der Waals surface area (Å²) in [6.45, 7) is 3.52. The Morgan fingerprint density at radius 2 is 1.89 bits per heavy atom. The normalized spacial score (nSPS) is 17.3. The summed E-state index contributed by atoms with van der Waals surface area (Å²) in [5, 5.41) is 3.11. The summed E-state index contributed by atoms with van der Waals surface area (Å²) in [6, 6.07) is 16.4. The van der Waals surface area contributed by atoms with E-state index in [1.54, 1.807) is 36.2 Å². The van der Waals surface area contributed by atoms with Crippen LogP contribution >= 0.6 is 0 Å². The van der Waals surface area contributed by atoms with Crippen molar-refractivity contribution >= 4 is 17.5 Å². The van der Waals surface area contributed by atoms with Crippen LogP contribution in [0.3, 0.4) is 0 Å². The third-order valence-corrected chi connectivity index (χ3v) is 5.11. The zero-order valence-corrected chi connectivity index (χ0v) is 15.9. The SMILES string of the molecule is CC[C@H](NC(=O)c1cccc(C(=O)N(C)c2ccccc2)c1)[C@H]1CCOC1. The second-order valence-corrected chi connectivity index (χ2v) is 6.89. The summed E-state index contributed by atoms with van der Waals surface area (Å²) in [5.41, 5.74) is 1.80. The molecule has 0 bridgehead atoms. The van der Waals surface area contributed by atoms with E-state index < -0.39 is 0 Å². The van der Waals surface area contributed by atoms with Crippen LogP contribution in [0.1, 0.15) is 40.5 Å². The Labute approximate surface area is 160 Å². The Balaban J connectivity index is 1.72. The van der Waals surface area contributed by atoms with Crippen molar-refractivity contribution in [2.24, 2.45) is 5.92 Å². The number of nitrogens with one attached hydrogen (secondary N) is 1. The molecule has 0 spiro atoms. The van der Waals surface area contributed by atoms with E-state index in [0.717, 1.165) is 25.1 Å². The van der Waals surface area contributed by atoms with Gasteiger partial charge < -0.3 is 15.0 Å². The number of ether oxygens (including phenoxy) is 1. The molecule has 3 rings (SSSR count). The molecule has 2 aromatic rings. The van der Waals surface area contributed by atoms with Crippen molar-refractivity contribution in [1.82, 2.24) is 5.32 Å². The van der Waals surface area contributed by atoms with Crippen LogP contribution in [0.5, 0.6) is 0 Å². The molecule has 2 amide bonds. The second kappa shape index (κ2) is 8.82. The molecule has 0 unspecified atom stereocenters. The van der Waals surface area contributed by atoms with Gasteiger partial charge in [-0.05, 0) is 43.2 Å². The molecular weight excluding hydrogens is 340 g/mol. The summed E-state index contributed by atoms with van der Waals surface area (Å²) in [4.78, 5) is 27.1. The maximum atomic E-state index is 12.8. The quantitative estimate of drug-likeness (QED) is 0.851. The maximum absolute atomic E-state index is 12.8. The zero-order valence-electron chi connectivity index (χ0n) is 15.9. The lowest BCUT2D eigenvalue weighted by atomic mass is 9.96. The lowest BCUT2D eigenvalue weighted by Gasteiger charge is -2.22. The van der Waals surface area contributed by atoms with Gasteiger partial charge in [0.2, 0.25) is 0 Å². The van der Waals surface area contributed by atoms with Crippen LogP contribution in [-0.4, -0.2) is 38.1 Å². The van der Waals surface area contributed by atoms with Gasteiger partial charge >= 0.3 is 0 Å². The molecule has 2 atom stereocenters. The molecule has 1 aliphatic heterocycles. The van der Waals surface area contributed by atoms with E-state index in [0.29, 0.717) is 23.7 Å². The van der Waals surface area contributed by atoms with Crippen LogP contribution in [0.25, 0.3) is 0 Å². The van der Waals surface area contributed by atoms with E-state index in [1.807, 2.05) is 30.3 Å². The molecule has 0 aliphatic carbocycles. The molecular formula is C22H26N2O3. The highest BCUT2D eigenvalue weighted by Crippen LogP contribution is 2.20. The third kappa shape index (κ3) is 4.55. The summed E-state index contributed by atoms with van der Waals surface area (Å²) in [7, 11) is 1.73. The van der Waals surface area contributed by atoms with Crippen molar-refractivity contribution in [2.45, 2.75) is 25.8 Å². The van der Waals surface area contributed by atoms with Crippen molar-refractivity contribution in [3.05, 3.63) is 65.7 Å². The Hall–Kier alpha value is -2.66. The van der Waals surface area contributed by atoms with E-state index in [1.165, 1.54) is 0 Å². The Bertz CT molecular complexity index is 785. The number of hydrogen-bond donors (Lipinski definition) is 1. The van der Waals surface area contributed by atoms with Gasteiger partial charge in [0.25, 0.3) is 11.8 Å². The van der Waals surface area contributed by atoms with Crippen molar-refractivity contribution in [2.75, 3.05) is 25.2 Å². The predicted molar refractivity (Wildman–Crippen MR) is 106 cm³/mol. The van der Waals surface area contributed by atoms with Crippen LogP contribution in [0.4, 0.5) is 5.69 Å². The lowest BCUT2D eigenvalue weighted by molar-refractivity contribution is 0.0914. The highest BCUT2D eigenvalue weighted by Gasteiger charge is 2.26. The molecule has 0 saturated carbocycles. The first kappa shape index (κ1) is 19.1. The molecule has 0 radical (unpaired) electrons. The number of para-hydroxylation sites is 1. The van der Waals surface area contributed by atoms with Gasteiger partial charge in [-0.25, -0.2) is 0 Å². The Kier molecular flexibility index (Phi) is 6.24. The second-order valence-electron chi connectivity index (χ2n) is 6.89. The van der Waals surface area contributed by atoms with Gasteiger partial charge in [0.05, 0.1) is 6.61 Å². The first-order valence-corrected chi connectivity index (χ1v) is 9.42. The monoisotopic (exact) mass is 366 g/mol. The van der Waals surface area contributed by atoms with Crippen molar-refractivity contribution in [3.8, 4) is 0 Å². The predicted octanol–water partition coefficient (Wildman–Crippen LogP) is 3.51. The third-order valence-electron chi connectivity index (χ3n) is 5.11. The number of nitrogens with zero attached hydrogens (tertiary/aromatic N) is 1. The van der Waals surface area contributed by atoms with E-state index in [9.17, 15) is 9.59 Å². The number of rotatable bonds is 6. The summed E-state index contributed by atoms with van der Waals surface area (Å²) >= 11 is 0. The molecule has 0 aromatic heterocycles. The van der Waals surface area contributed by atoms with Crippen LogP contribution in [0.2, 0.25) is 0 Å². The number of carbonyl (C=O) groups excluding carboxylic acids is 2. The molecule has 1 aliphatic rings. The zero-order chi connectivity index (χ0) is 19.2. The fourth-order valence-corrected chi connectivity index (χ4v) is 3.43. The van der Waals surface area contributed by atoms with E-state index in [2.05, 4.69) is 12.2 Å². The molecule has 1 saturated heterocycles. The number of hydrogen-bond acceptors (Lipinski definition) is 3. The topological polar surface area (TPSA) is 58.6 Å². The molecule has 2 aromatic carbocycles. The van der Waals surface area contributed by atoms with Crippen molar-refractivity contribution in [3.63, 3.8) is 0 Å². The Morgan fingerprint density at radius 3 is 2.56 bits per heavy atom. The molecule has 27 heavy (non-hydrogen) atoms. The van der Waals surface area contributed by atoms with Gasteiger partial charge in [0.1, 0.15) is 0 Å². The first-order chi connectivity index (χ1) is 13.1. The molecule has 1 heterocycles. The van der Waals surface area contributed by atoms with Gasteiger partial charge in [-0.15, -0.1) is 0 Å². The molecule has 1 fully saturated rings. The van der Waals surface area contributed by atoms with E-state index in [4.69, 9.17) is 4.74 Å². The fraction of sp³-hybridized carbons (Fsp3) is 0.364. The number of anilines is 1. The highest BCUT2D eigenvalue weighted by molar-refractivity contribution is 6.07. The smallest absolute Gasteiger partial charge is 0.258 e. The van der Waals surface area contributed by atoms with Gasteiger partial charge in [-0.1, -0.05) is 31.2 Å².